The van der Waals surface area contributed by atoms with Gasteiger partial charge >= 0.3 is 0 Å². The number of carbonyl (C=O) groups excluding carboxylic acids is 2. The zero-order valence-corrected chi connectivity index (χ0v) is 16.8. The number of anilines is 1. The minimum absolute atomic E-state index is 0.157. The molecule has 2 aliphatic heterocycles. The normalized spacial score (nSPS) is 20.2. The molecule has 0 radical (unpaired) electrons. The van der Waals surface area contributed by atoms with Crippen molar-refractivity contribution in [2.75, 3.05) is 18.1 Å². The maximum Gasteiger partial charge on any atom is 0.264 e. The molecule has 29 heavy (non-hydrogen) atoms. The predicted octanol–water partition coefficient (Wildman–Crippen LogP) is 2.69. The van der Waals surface area contributed by atoms with Gasteiger partial charge in [-0.25, -0.2) is 8.42 Å². The summed E-state index contributed by atoms with van der Waals surface area (Å²) in [6.45, 7) is 2.69. The number of rotatable bonds is 5. The van der Waals surface area contributed by atoms with Gasteiger partial charge in [0.25, 0.3) is 5.91 Å². The SMILES string of the molecule is CC1=NN(c2ccccc2)C(=O)[C@H]1C(=O)c1ccc(S(=O)(=O)N2CCCC2)cc1. The summed E-state index contributed by atoms with van der Waals surface area (Å²) in [4.78, 5) is 26.0. The molecular formula is C21H21N3O4S. The van der Waals surface area contributed by atoms with Crippen LogP contribution >= 0.6 is 0 Å². The summed E-state index contributed by atoms with van der Waals surface area (Å²) in [6, 6.07) is 14.7. The standard InChI is InChI=1S/C21H21N3O4S/c1-15-19(21(26)24(22-15)17-7-3-2-4-8-17)20(25)16-9-11-18(12-10-16)29(27,28)23-13-5-6-14-23/h2-4,7-12,19H,5-6,13-14H2,1H3/t19-/m1/s1. The number of Topliss-reactive ketones (excluding diaryl/α,β-unsaturated/α-hetero) is 1. The van der Waals surface area contributed by atoms with E-state index in [1.54, 1.807) is 31.2 Å². The third kappa shape index (κ3) is 3.49. The summed E-state index contributed by atoms with van der Waals surface area (Å²) >= 11 is 0. The Kier molecular flexibility index (Phi) is 5.06. The van der Waals surface area contributed by atoms with Gasteiger partial charge in [-0.05, 0) is 44.0 Å². The Morgan fingerprint density at radius 1 is 1.00 bits per heavy atom. The van der Waals surface area contributed by atoms with Crippen molar-refractivity contribution >= 4 is 33.1 Å². The second-order valence-corrected chi connectivity index (χ2v) is 9.10. The molecule has 1 atom stereocenters. The van der Waals surface area contributed by atoms with Crippen molar-refractivity contribution in [2.45, 2.75) is 24.7 Å². The van der Waals surface area contributed by atoms with E-state index < -0.39 is 21.8 Å². The molecule has 2 heterocycles. The minimum atomic E-state index is -3.54. The van der Waals surface area contributed by atoms with Gasteiger partial charge in [0.05, 0.1) is 16.3 Å². The number of hydrogen-bond donors (Lipinski definition) is 0. The molecule has 1 fully saturated rings. The van der Waals surface area contributed by atoms with Crippen LogP contribution in [-0.2, 0) is 14.8 Å². The molecule has 150 valence electrons. The van der Waals surface area contributed by atoms with E-state index in [0.717, 1.165) is 12.8 Å². The quantitative estimate of drug-likeness (QED) is 0.559. The number of carbonyl (C=O) groups is 2. The Labute approximate surface area is 169 Å². The number of amides is 1. The monoisotopic (exact) mass is 411 g/mol. The number of hydrazone groups is 1. The van der Waals surface area contributed by atoms with Crippen molar-refractivity contribution in [3.8, 4) is 0 Å². The van der Waals surface area contributed by atoms with E-state index >= 15 is 0 Å². The lowest BCUT2D eigenvalue weighted by atomic mass is 9.94. The lowest BCUT2D eigenvalue weighted by Crippen LogP contribution is -2.32. The summed E-state index contributed by atoms with van der Waals surface area (Å²) in [5.74, 6) is -1.80. The Morgan fingerprint density at radius 2 is 1.62 bits per heavy atom. The van der Waals surface area contributed by atoms with Crippen LogP contribution < -0.4 is 5.01 Å². The highest BCUT2D eigenvalue weighted by Crippen LogP contribution is 2.27. The van der Waals surface area contributed by atoms with Crippen LogP contribution in [0.2, 0.25) is 0 Å². The molecule has 0 aliphatic carbocycles. The first-order valence-electron chi connectivity index (χ1n) is 9.48. The van der Waals surface area contributed by atoms with Crippen LogP contribution in [0.5, 0.6) is 0 Å². The number of ketones is 1. The van der Waals surface area contributed by atoms with Crippen molar-refractivity contribution in [3.05, 3.63) is 60.2 Å². The van der Waals surface area contributed by atoms with E-state index in [0.29, 0.717) is 24.5 Å². The van der Waals surface area contributed by atoms with Crippen LogP contribution in [0.4, 0.5) is 5.69 Å². The summed E-state index contributed by atoms with van der Waals surface area (Å²) in [6.07, 6.45) is 1.71. The smallest absolute Gasteiger partial charge is 0.264 e. The highest BCUT2D eigenvalue weighted by molar-refractivity contribution is 7.89. The van der Waals surface area contributed by atoms with Crippen LogP contribution in [0.1, 0.15) is 30.1 Å². The Bertz CT molecular complexity index is 1070. The number of sulfonamides is 1. The first-order chi connectivity index (χ1) is 13.9. The molecule has 2 aliphatic rings. The Hall–Kier alpha value is -2.84. The number of nitrogens with zero attached hydrogens (tertiary/aromatic N) is 3. The van der Waals surface area contributed by atoms with Crippen LogP contribution in [0, 0.1) is 5.92 Å². The van der Waals surface area contributed by atoms with E-state index in [-0.39, 0.29) is 16.2 Å². The maximum absolute atomic E-state index is 13.0. The van der Waals surface area contributed by atoms with Crippen molar-refractivity contribution in [1.29, 1.82) is 0 Å². The largest absolute Gasteiger partial charge is 0.293 e. The minimum Gasteiger partial charge on any atom is -0.293 e. The third-order valence-electron chi connectivity index (χ3n) is 5.24. The number of benzene rings is 2. The van der Waals surface area contributed by atoms with Crippen molar-refractivity contribution in [1.82, 2.24) is 4.31 Å². The van der Waals surface area contributed by atoms with Gasteiger partial charge < -0.3 is 0 Å². The van der Waals surface area contributed by atoms with Gasteiger partial charge in [-0.3, -0.25) is 9.59 Å². The zero-order chi connectivity index (χ0) is 20.6. The molecule has 0 aromatic heterocycles. The van der Waals surface area contributed by atoms with Gasteiger partial charge in [0, 0.05) is 18.7 Å². The van der Waals surface area contributed by atoms with E-state index in [1.165, 1.54) is 33.6 Å². The summed E-state index contributed by atoms with van der Waals surface area (Å²) in [5.41, 5.74) is 1.30. The molecule has 2 aromatic rings. The third-order valence-corrected chi connectivity index (χ3v) is 7.15. The fourth-order valence-corrected chi connectivity index (χ4v) is 5.17. The average molecular weight is 411 g/mol. The Balaban J connectivity index is 1.56. The molecule has 2 aromatic carbocycles. The van der Waals surface area contributed by atoms with Gasteiger partial charge in [-0.2, -0.15) is 14.4 Å². The maximum atomic E-state index is 13.0. The second kappa shape index (κ2) is 7.53. The van der Waals surface area contributed by atoms with Crippen LogP contribution in [0.3, 0.4) is 0 Å². The molecule has 1 amide bonds. The fraction of sp³-hybridized carbons (Fsp3) is 0.286. The van der Waals surface area contributed by atoms with Crippen molar-refractivity contribution in [2.24, 2.45) is 11.0 Å². The summed E-state index contributed by atoms with van der Waals surface area (Å²) < 4.78 is 26.7. The van der Waals surface area contributed by atoms with Gasteiger partial charge in [0.15, 0.2) is 5.78 Å². The van der Waals surface area contributed by atoms with Crippen LogP contribution in [0.25, 0.3) is 0 Å². The zero-order valence-electron chi connectivity index (χ0n) is 16.0. The van der Waals surface area contributed by atoms with Crippen LogP contribution in [0.15, 0.2) is 64.6 Å². The lowest BCUT2D eigenvalue weighted by molar-refractivity contribution is -0.118. The Morgan fingerprint density at radius 3 is 2.24 bits per heavy atom. The topological polar surface area (TPSA) is 87.1 Å². The van der Waals surface area contributed by atoms with Gasteiger partial charge in [0.2, 0.25) is 10.0 Å². The molecular weight excluding hydrogens is 390 g/mol. The lowest BCUT2D eigenvalue weighted by Gasteiger charge is -2.16. The predicted molar refractivity (Wildman–Crippen MR) is 109 cm³/mol. The number of para-hydroxylation sites is 1. The van der Waals surface area contributed by atoms with Crippen LogP contribution in [-0.4, -0.2) is 43.2 Å². The van der Waals surface area contributed by atoms with Gasteiger partial charge in [-0.1, -0.05) is 30.3 Å². The van der Waals surface area contributed by atoms with E-state index in [9.17, 15) is 18.0 Å². The summed E-state index contributed by atoms with van der Waals surface area (Å²) in [7, 11) is -3.54. The van der Waals surface area contributed by atoms with Gasteiger partial charge in [0.1, 0.15) is 5.92 Å². The van der Waals surface area contributed by atoms with Crippen molar-refractivity contribution in [3.63, 3.8) is 0 Å². The molecule has 8 heteroatoms. The van der Waals surface area contributed by atoms with E-state index in [4.69, 9.17) is 0 Å². The van der Waals surface area contributed by atoms with Crippen molar-refractivity contribution < 1.29 is 18.0 Å². The molecule has 1 saturated heterocycles. The molecule has 0 unspecified atom stereocenters. The first-order valence-corrected chi connectivity index (χ1v) is 10.9. The first kappa shape index (κ1) is 19.5. The second-order valence-electron chi connectivity index (χ2n) is 7.16. The van der Waals surface area contributed by atoms with E-state index in [1.807, 2.05) is 6.07 Å². The molecule has 0 N–H and O–H groups in total. The highest BCUT2D eigenvalue weighted by Gasteiger charge is 2.40. The average Bonchev–Trinajstić information content (AvgIpc) is 3.37. The molecule has 7 nitrogen and oxygen atoms in total. The molecule has 0 spiro atoms. The molecule has 0 saturated carbocycles. The molecule has 0 bridgehead atoms. The number of hydrogen-bond acceptors (Lipinski definition) is 5. The van der Waals surface area contributed by atoms with Gasteiger partial charge in [-0.15, -0.1) is 0 Å². The molecule has 4 rings (SSSR count). The summed E-state index contributed by atoms with van der Waals surface area (Å²) in [5, 5.41) is 5.49. The highest BCUT2D eigenvalue weighted by atomic mass is 32.2. The van der Waals surface area contributed by atoms with E-state index in [2.05, 4.69) is 5.10 Å². The fourth-order valence-electron chi connectivity index (χ4n) is 3.66.